The Labute approximate surface area is 154 Å². The minimum Gasteiger partial charge on any atom is -0.352 e. The second kappa shape index (κ2) is 5.47. The first-order chi connectivity index (χ1) is 11.6. The smallest absolute Gasteiger partial charge is 0.171 e. The van der Waals surface area contributed by atoms with E-state index in [2.05, 4.69) is 22.8 Å². The zero-order valence-corrected chi connectivity index (χ0v) is 15.3. The first-order valence-electron chi connectivity index (χ1n) is 9.15. The summed E-state index contributed by atoms with van der Waals surface area (Å²) < 4.78 is 0. The lowest BCUT2D eigenvalue weighted by molar-refractivity contribution is -0.0331. The van der Waals surface area contributed by atoms with Crippen LogP contribution in [-0.2, 0) is 0 Å². The molecule has 1 aromatic carbocycles. The third kappa shape index (κ3) is 2.40. The highest BCUT2D eigenvalue weighted by Crippen LogP contribution is 2.62. The molecule has 1 aliphatic heterocycles. The van der Waals surface area contributed by atoms with Crippen molar-refractivity contribution in [2.24, 2.45) is 23.2 Å². The van der Waals surface area contributed by atoms with Gasteiger partial charge in [-0.25, -0.2) is 0 Å². The Hall–Kier alpha value is -1.06. The van der Waals surface area contributed by atoms with Crippen LogP contribution < -0.4 is 10.6 Å². The maximum absolute atomic E-state index is 6.44. The van der Waals surface area contributed by atoms with E-state index in [1.165, 1.54) is 44.2 Å². The van der Waals surface area contributed by atoms with Crippen LogP contribution in [-0.4, -0.2) is 5.11 Å². The average molecular weight is 359 g/mol. The minimum atomic E-state index is 0.0791. The number of thiocarbonyl (C=S) groups is 1. The largest absolute Gasteiger partial charge is 0.352 e. The molecule has 4 bridgehead atoms. The summed E-state index contributed by atoms with van der Waals surface area (Å²) in [7, 11) is 0. The number of hydrogen-bond donors (Lipinski definition) is 2. The van der Waals surface area contributed by atoms with Crippen LogP contribution in [0.15, 0.2) is 36.0 Å². The van der Waals surface area contributed by atoms with Gasteiger partial charge in [-0.15, -0.1) is 0 Å². The van der Waals surface area contributed by atoms with Crippen LogP contribution in [0.3, 0.4) is 0 Å². The van der Waals surface area contributed by atoms with Crippen molar-refractivity contribution in [1.82, 2.24) is 10.6 Å². The average Bonchev–Trinajstić information content (AvgIpc) is 2.53. The fourth-order valence-electron chi connectivity index (χ4n) is 6.19. The Morgan fingerprint density at radius 1 is 1.00 bits per heavy atom. The van der Waals surface area contributed by atoms with Crippen LogP contribution in [0.1, 0.15) is 50.1 Å². The van der Waals surface area contributed by atoms with Gasteiger partial charge in [0.25, 0.3) is 0 Å². The molecule has 0 spiro atoms. The second-order valence-electron chi connectivity index (χ2n) is 8.38. The fourth-order valence-corrected chi connectivity index (χ4v) is 6.68. The van der Waals surface area contributed by atoms with Crippen molar-refractivity contribution in [3.8, 4) is 0 Å². The second-order valence-corrected chi connectivity index (χ2v) is 9.19. The molecular formula is C20H23ClN2S. The van der Waals surface area contributed by atoms with E-state index in [0.717, 1.165) is 33.5 Å². The summed E-state index contributed by atoms with van der Waals surface area (Å²) in [6.45, 7) is 0. The van der Waals surface area contributed by atoms with E-state index in [0.29, 0.717) is 5.41 Å². The SMILES string of the molecule is S=C1NC(C23CC4CC(CC(C4)C2)C3)=CC(c2ccccc2Cl)N1. The monoisotopic (exact) mass is 358 g/mol. The van der Waals surface area contributed by atoms with Crippen LogP contribution >= 0.6 is 23.8 Å². The van der Waals surface area contributed by atoms with Crippen molar-refractivity contribution in [3.63, 3.8) is 0 Å². The van der Waals surface area contributed by atoms with Crippen LogP contribution in [0.25, 0.3) is 0 Å². The lowest BCUT2D eigenvalue weighted by Crippen LogP contribution is -2.53. The Balaban J connectivity index is 1.53. The Morgan fingerprint density at radius 2 is 1.62 bits per heavy atom. The maximum Gasteiger partial charge on any atom is 0.171 e. The molecule has 2 nitrogen and oxygen atoms in total. The van der Waals surface area contributed by atoms with Crippen molar-refractivity contribution in [3.05, 3.63) is 46.6 Å². The Kier molecular flexibility index (Phi) is 3.47. The molecule has 1 atom stereocenters. The molecule has 4 aliphatic carbocycles. The van der Waals surface area contributed by atoms with Crippen LogP contribution in [0.4, 0.5) is 0 Å². The third-order valence-electron chi connectivity index (χ3n) is 6.72. The molecular weight excluding hydrogens is 336 g/mol. The van der Waals surface area contributed by atoms with E-state index in [9.17, 15) is 0 Å². The Morgan fingerprint density at radius 3 is 2.25 bits per heavy atom. The lowest BCUT2D eigenvalue weighted by Gasteiger charge is -2.58. The van der Waals surface area contributed by atoms with E-state index in [1.807, 2.05) is 18.2 Å². The molecule has 4 fully saturated rings. The van der Waals surface area contributed by atoms with E-state index in [-0.39, 0.29) is 6.04 Å². The van der Waals surface area contributed by atoms with Gasteiger partial charge in [0.1, 0.15) is 0 Å². The van der Waals surface area contributed by atoms with Gasteiger partial charge in [0.05, 0.1) is 6.04 Å². The highest BCUT2D eigenvalue weighted by molar-refractivity contribution is 7.80. The molecule has 0 saturated heterocycles. The summed E-state index contributed by atoms with van der Waals surface area (Å²) in [5.74, 6) is 2.79. The van der Waals surface area contributed by atoms with Gasteiger partial charge in [0, 0.05) is 16.1 Å². The van der Waals surface area contributed by atoms with E-state index < -0.39 is 0 Å². The molecule has 126 valence electrons. The minimum absolute atomic E-state index is 0.0791. The van der Waals surface area contributed by atoms with E-state index in [1.54, 1.807) is 0 Å². The zero-order chi connectivity index (χ0) is 16.3. The normalized spacial score (nSPS) is 40.0. The number of nitrogens with one attached hydrogen (secondary N) is 2. The van der Waals surface area contributed by atoms with Crippen molar-refractivity contribution in [2.75, 3.05) is 0 Å². The van der Waals surface area contributed by atoms with Crippen molar-refractivity contribution >= 4 is 28.9 Å². The summed E-state index contributed by atoms with van der Waals surface area (Å²) in [5, 5.41) is 8.48. The lowest BCUT2D eigenvalue weighted by atomic mass is 9.48. The van der Waals surface area contributed by atoms with Crippen molar-refractivity contribution in [2.45, 2.75) is 44.6 Å². The molecule has 0 aromatic heterocycles. The zero-order valence-electron chi connectivity index (χ0n) is 13.7. The van der Waals surface area contributed by atoms with Gasteiger partial charge >= 0.3 is 0 Å². The summed E-state index contributed by atoms with van der Waals surface area (Å²) in [6, 6.07) is 8.17. The van der Waals surface area contributed by atoms with Gasteiger partial charge in [-0.05, 0) is 86.2 Å². The van der Waals surface area contributed by atoms with Gasteiger partial charge in [-0.3, -0.25) is 0 Å². The van der Waals surface area contributed by atoms with E-state index in [4.69, 9.17) is 23.8 Å². The standard InChI is InChI=1S/C20H23ClN2S/c21-16-4-2-1-3-15(16)17-8-18(23-19(24)22-17)20-9-12-5-13(10-20)7-14(6-12)11-20/h1-4,8,12-14,17H,5-7,9-11H2,(H2,22,23,24). The molecule has 1 aromatic rings. The molecule has 0 amide bonds. The predicted molar refractivity (Wildman–Crippen MR) is 102 cm³/mol. The van der Waals surface area contributed by atoms with Gasteiger partial charge in [-0.1, -0.05) is 29.8 Å². The molecule has 5 aliphatic rings. The van der Waals surface area contributed by atoms with Crippen LogP contribution in [0.5, 0.6) is 0 Å². The summed E-state index contributed by atoms with van der Waals surface area (Å²) in [4.78, 5) is 0. The molecule has 1 unspecified atom stereocenters. The number of allylic oxidation sites excluding steroid dienone is 1. The quantitative estimate of drug-likeness (QED) is 0.731. The number of benzene rings is 1. The van der Waals surface area contributed by atoms with Crippen LogP contribution in [0, 0.1) is 23.2 Å². The fraction of sp³-hybridized carbons (Fsp3) is 0.550. The number of rotatable bonds is 2. The Bertz CT molecular complexity index is 691. The number of hydrogen-bond acceptors (Lipinski definition) is 1. The molecule has 1 heterocycles. The highest BCUT2D eigenvalue weighted by Gasteiger charge is 2.53. The summed E-state index contributed by atoms with van der Waals surface area (Å²) in [5.41, 5.74) is 2.82. The molecule has 2 N–H and O–H groups in total. The summed E-state index contributed by atoms with van der Waals surface area (Å²) in [6.07, 6.45) is 10.8. The van der Waals surface area contributed by atoms with Crippen LogP contribution in [0.2, 0.25) is 5.02 Å². The topological polar surface area (TPSA) is 24.1 Å². The predicted octanol–water partition coefficient (Wildman–Crippen LogP) is 4.96. The van der Waals surface area contributed by atoms with Gasteiger partial charge in [-0.2, -0.15) is 0 Å². The highest BCUT2D eigenvalue weighted by atomic mass is 35.5. The van der Waals surface area contributed by atoms with Crippen molar-refractivity contribution < 1.29 is 0 Å². The maximum atomic E-state index is 6.44. The van der Waals surface area contributed by atoms with Gasteiger partial charge in [0.15, 0.2) is 5.11 Å². The molecule has 6 rings (SSSR count). The molecule has 4 heteroatoms. The molecule has 4 saturated carbocycles. The van der Waals surface area contributed by atoms with Gasteiger partial charge in [0.2, 0.25) is 0 Å². The summed E-state index contributed by atoms with van der Waals surface area (Å²) >= 11 is 12.0. The molecule has 24 heavy (non-hydrogen) atoms. The first kappa shape index (κ1) is 15.2. The van der Waals surface area contributed by atoms with E-state index >= 15 is 0 Å². The number of halogens is 1. The first-order valence-corrected chi connectivity index (χ1v) is 9.94. The molecule has 0 radical (unpaired) electrons. The third-order valence-corrected chi connectivity index (χ3v) is 7.28. The van der Waals surface area contributed by atoms with Gasteiger partial charge < -0.3 is 10.6 Å². The van der Waals surface area contributed by atoms with Crippen molar-refractivity contribution in [1.29, 1.82) is 0 Å².